The van der Waals surface area contributed by atoms with Crippen LogP contribution in [0.2, 0.25) is 5.02 Å². The van der Waals surface area contributed by atoms with E-state index in [1.54, 1.807) is 0 Å². The molecule has 0 amide bonds. The molecule has 94 valence electrons. The van der Waals surface area contributed by atoms with Crippen molar-refractivity contribution in [2.75, 3.05) is 30.8 Å². The molecule has 2 rings (SSSR count). The molecule has 1 fully saturated rings. The van der Waals surface area contributed by atoms with Crippen LogP contribution >= 0.6 is 11.6 Å². The van der Waals surface area contributed by atoms with E-state index in [1.807, 2.05) is 18.2 Å². The Labute approximate surface area is 108 Å². The summed E-state index contributed by atoms with van der Waals surface area (Å²) >= 11 is 5.93. The van der Waals surface area contributed by atoms with Gasteiger partial charge in [0.15, 0.2) is 0 Å². The Morgan fingerprint density at radius 2 is 1.82 bits per heavy atom. The lowest BCUT2D eigenvalue weighted by Gasteiger charge is -2.43. The Bertz CT molecular complexity index is 396. The third kappa shape index (κ3) is 2.50. The fourth-order valence-corrected chi connectivity index (χ4v) is 2.60. The number of anilines is 2. The van der Waals surface area contributed by atoms with E-state index in [4.69, 9.17) is 17.3 Å². The number of hydrogen-bond donors (Lipinski definition) is 1. The van der Waals surface area contributed by atoms with Crippen molar-refractivity contribution in [1.29, 1.82) is 0 Å². The number of nitrogen functional groups attached to an aromatic ring is 1. The molecule has 1 aliphatic heterocycles. The maximum absolute atomic E-state index is 6.04. The molecule has 0 bridgehead atoms. The van der Waals surface area contributed by atoms with Crippen LogP contribution in [0.3, 0.4) is 0 Å². The van der Waals surface area contributed by atoms with Gasteiger partial charge in [-0.1, -0.05) is 11.6 Å². The molecular weight excluding hydrogens is 234 g/mol. The highest BCUT2D eigenvalue weighted by Crippen LogP contribution is 2.29. The van der Waals surface area contributed by atoms with Gasteiger partial charge in [0.1, 0.15) is 0 Å². The Hall–Kier alpha value is -0.930. The topological polar surface area (TPSA) is 32.5 Å². The van der Waals surface area contributed by atoms with Gasteiger partial charge in [-0.25, -0.2) is 0 Å². The first kappa shape index (κ1) is 12.5. The lowest BCUT2D eigenvalue weighted by molar-refractivity contribution is 0.170. The van der Waals surface area contributed by atoms with Crippen molar-refractivity contribution >= 4 is 23.0 Å². The Kier molecular flexibility index (Phi) is 3.50. The number of nitrogens with zero attached hydrogens (tertiary/aromatic N) is 2. The van der Waals surface area contributed by atoms with Crippen molar-refractivity contribution in [3.8, 4) is 0 Å². The average Bonchev–Trinajstić information content (AvgIpc) is 2.25. The second-order valence-electron chi connectivity index (χ2n) is 4.97. The minimum absolute atomic E-state index is 0.536. The molecule has 2 N–H and O–H groups in total. The maximum atomic E-state index is 6.04. The molecular formula is C13H20ClN3. The van der Waals surface area contributed by atoms with Crippen LogP contribution in [0, 0.1) is 0 Å². The summed E-state index contributed by atoms with van der Waals surface area (Å²) in [7, 11) is 2.18. The highest BCUT2D eigenvalue weighted by molar-refractivity contribution is 6.31. The zero-order valence-corrected chi connectivity index (χ0v) is 11.4. The third-order valence-electron chi connectivity index (χ3n) is 3.69. The summed E-state index contributed by atoms with van der Waals surface area (Å²) in [5.41, 5.74) is 7.90. The number of piperazine rings is 1. The molecule has 1 aliphatic rings. The van der Waals surface area contributed by atoms with Gasteiger partial charge in [0.25, 0.3) is 0 Å². The highest BCUT2D eigenvalue weighted by atomic mass is 35.5. The van der Waals surface area contributed by atoms with Crippen LogP contribution < -0.4 is 10.6 Å². The van der Waals surface area contributed by atoms with E-state index in [1.165, 1.54) is 0 Å². The maximum Gasteiger partial charge on any atom is 0.0602 e. The van der Waals surface area contributed by atoms with E-state index in [9.17, 15) is 0 Å². The highest BCUT2D eigenvalue weighted by Gasteiger charge is 2.27. The smallest absolute Gasteiger partial charge is 0.0602 e. The predicted octanol–water partition coefficient (Wildman–Crippen LogP) is 2.45. The van der Waals surface area contributed by atoms with E-state index < -0.39 is 0 Å². The minimum atomic E-state index is 0.536. The zero-order valence-electron chi connectivity index (χ0n) is 10.7. The summed E-state index contributed by atoms with van der Waals surface area (Å²) in [5, 5.41) is 0.696. The zero-order chi connectivity index (χ0) is 12.6. The van der Waals surface area contributed by atoms with Crippen LogP contribution in [0.5, 0.6) is 0 Å². The first-order valence-electron chi connectivity index (χ1n) is 6.01. The van der Waals surface area contributed by atoms with Crippen LogP contribution in [0.15, 0.2) is 18.2 Å². The van der Waals surface area contributed by atoms with E-state index in [0.717, 1.165) is 24.5 Å². The number of likely N-dealkylation sites (N-methyl/N-ethyl adjacent to an activating group) is 1. The minimum Gasteiger partial charge on any atom is -0.397 e. The van der Waals surface area contributed by atoms with Gasteiger partial charge < -0.3 is 10.6 Å². The van der Waals surface area contributed by atoms with Crippen molar-refractivity contribution in [2.45, 2.75) is 25.9 Å². The van der Waals surface area contributed by atoms with Gasteiger partial charge in [-0.15, -0.1) is 0 Å². The lowest BCUT2D eigenvalue weighted by Crippen LogP contribution is -2.55. The van der Waals surface area contributed by atoms with Gasteiger partial charge in [-0.2, -0.15) is 0 Å². The van der Waals surface area contributed by atoms with Crippen molar-refractivity contribution in [3.63, 3.8) is 0 Å². The summed E-state index contributed by atoms with van der Waals surface area (Å²) in [6, 6.07) is 6.82. The molecule has 1 heterocycles. The van der Waals surface area contributed by atoms with Crippen LogP contribution in [-0.2, 0) is 0 Å². The van der Waals surface area contributed by atoms with Crippen molar-refractivity contribution < 1.29 is 0 Å². The van der Waals surface area contributed by atoms with Gasteiger partial charge in [0.2, 0.25) is 0 Å². The van der Waals surface area contributed by atoms with Crippen LogP contribution in [-0.4, -0.2) is 37.1 Å². The average molecular weight is 254 g/mol. The van der Waals surface area contributed by atoms with Gasteiger partial charge in [0.05, 0.1) is 11.4 Å². The number of nitrogens with two attached hydrogens (primary N) is 1. The second kappa shape index (κ2) is 4.75. The number of benzene rings is 1. The van der Waals surface area contributed by atoms with E-state index >= 15 is 0 Å². The molecule has 17 heavy (non-hydrogen) atoms. The van der Waals surface area contributed by atoms with Crippen molar-refractivity contribution in [3.05, 3.63) is 23.2 Å². The SMILES string of the molecule is CC1CN(c2ccc(Cl)cc2N)CC(C)N1C. The quantitative estimate of drug-likeness (QED) is 0.781. The standard InChI is InChI=1S/C13H20ClN3/c1-9-7-17(8-10(2)16(9)3)13-5-4-11(14)6-12(13)15/h4-6,9-10H,7-8,15H2,1-3H3. The summed E-state index contributed by atoms with van der Waals surface area (Å²) in [6.45, 7) is 6.50. The number of halogens is 1. The molecule has 0 radical (unpaired) electrons. The predicted molar refractivity (Wildman–Crippen MR) is 74.8 cm³/mol. The number of rotatable bonds is 1. The summed E-state index contributed by atoms with van der Waals surface area (Å²) in [6.07, 6.45) is 0. The molecule has 4 heteroatoms. The fraction of sp³-hybridized carbons (Fsp3) is 0.538. The largest absolute Gasteiger partial charge is 0.397 e. The first-order chi connectivity index (χ1) is 7.99. The summed E-state index contributed by atoms with van der Waals surface area (Å²) in [4.78, 5) is 4.75. The summed E-state index contributed by atoms with van der Waals surface area (Å²) in [5.74, 6) is 0. The normalized spacial score (nSPS) is 26.2. The number of hydrogen-bond acceptors (Lipinski definition) is 3. The van der Waals surface area contributed by atoms with Gasteiger partial charge >= 0.3 is 0 Å². The van der Waals surface area contributed by atoms with Gasteiger partial charge in [-0.05, 0) is 39.1 Å². The molecule has 0 spiro atoms. The lowest BCUT2D eigenvalue weighted by atomic mass is 10.1. The molecule has 1 aromatic carbocycles. The molecule has 2 unspecified atom stereocenters. The summed E-state index contributed by atoms with van der Waals surface area (Å²) < 4.78 is 0. The molecule has 1 aromatic rings. The second-order valence-corrected chi connectivity index (χ2v) is 5.41. The third-order valence-corrected chi connectivity index (χ3v) is 3.93. The van der Waals surface area contributed by atoms with Crippen LogP contribution in [0.4, 0.5) is 11.4 Å². The van der Waals surface area contributed by atoms with Gasteiger partial charge in [0, 0.05) is 30.2 Å². The molecule has 2 atom stereocenters. The van der Waals surface area contributed by atoms with Crippen molar-refractivity contribution in [1.82, 2.24) is 4.90 Å². The molecule has 0 aromatic heterocycles. The monoisotopic (exact) mass is 253 g/mol. The van der Waals surface area contributed by atoms with E-state index in [2.05, 4.69) is 30.7 Å². The Morgan fingerprint density at radius 3 is 2.35 bits per heavy atom. The van der Waals surface area contributed by atoms with E-state index in [0.29, 0.717) is 17.1 Å². The van der Waals surface area contributed by atoms with Crippen LogP contribution in [0.25, 0.3) is 0 Å². The van der Waals surface area contributed by atoms with Gasteiger partial charge in [-0.3, -0.25) is 4.90 Å². The Morgan fingerprint density at radius 1 is 1.24 bits per heavy atom. The van der Waals surface area contributed by atoms with Crippen molar-refractivity contribution in [2.24, 2.45) is 0 Å². The molecule has 1 saturated heterocycles. The molecule has 0 aliphatic carbocycles. The van der Waals surface area contributed by atoms with E-state index in [-0.39, 0.29) is 0 Å². The first-order valence-corrected chi connectivity index (χ1v) is 6.38. The van der Waals surface area contributed by atoms with Crippen LogP contribution in [0.1, 0.15) is 13.8 Å². The molecule has 0 saturated carbocycles. The Balaban J connectivity index is 2.23. The molecule has 3 nitrogen and oxygen atoms in total. The fourth-order valence-electron chi connectivity index (χ4n) is 2.41.